The molecule has 0 unspecified atom stereocenters. The van der Waals surface area contributed by atoms with E-state index in [9.17, 15) is 14.4 Å². The van der Waals surface area contributed by atoms with Gasteiger partial charge in [0, 0.05) is 22.0 Å². The Hall–Kier alpha value is -2.61. The normalized spacial score (nSPS) is 9.75. The number of carbonyl (C=O) groups is 3. The second-order valence-electron chi connectivity index (χ2n) is 5.58. The number of rotatable bonds is 10. The molecule has 0 aliphatic carbocycles. The fourth-order valence-corrected chi connectivity index (χ4v) is 2.06. The zero-order valence-electron chi connectivity index (χ0n) is 15.2. The van der Waals surface area contributed by atoms with Gasteiger partial charge in [-0.3, -0.25) is 9.59 Å². The van der Waals surface area contributed by atoms with Gasteiger partial charge in [0.25, 0.3) is 0 Å². The van der Waals surface area contributed by atoms with E-state index in [-0.39, 0.29) is 12.4 Å². The highest BCUT2D eigenvalue weighted by Gasteiger charge is 1.98. The third-order valence-corrected chi connectivity index (χ3v) is 4.08. The number of halogens is 1. The van der Waals surface area contributed by atoms with Crippen molar-refractivity contribution in [1.82, 2.24) is 0 Å². The van der Waals surface area contributed by atoms with Crippen LogP contribution in [-0.2, 0) is 27.5 Å². The van der Waals surface area contributed by atoms with Gasteiger partial charge in [0.2, 0.25) is 0 Å². The molecule has 1 N–H and O–H groups in total. The summed E-state index contributed by atoms with van der Waals surface area (Å²) in [6.45, 7) is 4.28. The van der Waals surface area contributed by atoms with Gasteiger partial charge in [0.15, 0.2) is 0 Å². The molecule has 0 bridgehead atoms. The van der Waals surface area contributed by atoms with Gasteiger partial charge in [-0.25, -0.2) is 4.79 Å². The minimum atomic E-state index is -0.947. The molecular formula is C21H21BrO6. The second kappa shape index (κ2) is 13.5. The second-order valence-corrected chi connectivity index (χ2v) is 6.14. The van der Waals surface area contributed by atoms with Gasteiger partial charge in [0.05, 0.1) is 13.2 Å². The standard InChI is InChI=1S/C17H16O4.C4H5BrO2/c18-9-14-1-5-16(6-2-14)11-20-13-21-12-17-7-3-15(10-19)4-8-17;1-3(2-5)4(6)7/h1-10H,11-13H2;1-2H2,(H,6,7). The number of aliphatic carboxylic acids is 1. The molecule has 2 rings (SSSR count). The van der Waals surface area contributed by atoms with E-state index >= 15 is 0 Å². The molecule has 7 heteroatoms. The summed E-state index contributed by atoms with van der Waals surface area (Å²) in [5.74, 6) is -0.947. The Bertz CT molecular complexity index is 715. The van der Waals surface area contributed by atoms with E-state index < -0.39 is 5.97 Å². The lowest BCUT2D eigenvalue weighted by atomic mass is 10.2. The summed E-state index contributed by atoms with van der Waals surface area (Å²) in [4.78, 5) is 30.8. The van der Waals surface area contributed by atoms with Crippen LogP contribution in [0.5, 0.6) is 0 Å². The van der Waals surface area contributed by atoms with Crippen LogP contribution in [0.4, 0.5) is 0 Å². The van der Waals surface area contributed by atoms with Gasteiger partial charge in [-0.05, 0) is 11.1 Å². The van der Waals surface area contributed by atoms with Gasteiger partial charge >= 0.3 is 5.97 Å². The Balaban J connectivity index is 0.000000480. The molecule has 0 aliphatic heterocycles. The van der Waals surface area contributed by atoms with Crippen LogP contribution in [0.1, 0.15) is 31.8 Å². The number of alkyl halides is 1. The van der Waals surface area contributed by atoms with Crippen molar-refractivity contribution in [2.45, 2.75) is 13.2 Å². The van der Waals surface area contributed by atoms with Crippen LogP contribution in [0.25, 0.3) is 0 Å². The van der Waals surface area contributed by atoms with Crippen LogP contribution < -0.4 is 0 Å². The van der Waals surface area contributed by atoms with Crippen LogP contribution in [0.15, 0.2) is 60.7 Å². The highest BCUT2D eigenvalue weighted by Crippen LogP contribution is 2.06. The van der Waals surface area contributed by atoms with Gasteiger partial charge in [-0.2, -0.15) is 0 Å². The van der Waals surface area contributed by atoms with Gasteiger partial charge < -0.3 is 14.6 Å². The first kappa shape index (κ1) is 23.4. The van der Waals surface area contributed by atoms with E-state index in [4.69, 9.17) is 14.6 Å². The van der Waals surface area contributed by atoms with E-state index in [0.717, 1.165) is 23.7 Å². The fourth-order valence-electron chi connectivity index (χ4n) is 1.82. The van der Waals surface area contributed by atoms with Gasteiger partial charge in [-0.1, -0.05) is 71.0 Å². The topological polar surface area (TPSA) is 89.9 Å². The van der Waals surface area contributed by atoms with Crippen molar-refractivity contribution in [2.24, 2.45) is 0 Å². The molecule has 0 saturated carbocycles. The zero-order chi connectivity index (χ0) is 20.8. The Labute approximate surface area is 171 Å². The van der Waals surface area contributed by atoms with Crippen LogP contribution in [0, 0.1) is 0 Å². The number of hydrogen-bond donors (Lipinski definition) is 1. The molecule has 0 aromatic heterocycles. The van der Waals surface area contributed by atoms with Crippen LogP contribution in [0.3, 0.4) is 0 Å². The summed E-state index contributed by atoms with van der Waals surface area (Å²) in [5, 5.41) is 8.39. The zero-order valence-corrected chi connectivity index (χ0v) is 16.8. The third-order valence-electron chi connectivity index (χ3n) is 3.40. The van der Waals surface area contributed by atoms with Crippen molar-refractivity contribution in [3.63, 3.8) is 0 Å². The summed E-state index contributed by atoms with van der Waals surface area (Å²) in [5.41, 5.74) is 3.45. The maximum Gasteiger partial charge on any atom is 0.331 e. The Kier molecular flexibility index (Phi) is 11.3. The summed E-state index contributed by atoms with van der Waals surface area (Å²) in [7, 11) is 0. The SMILES string of the molecule is C=C(CBr)C(=O)O.O=Cc1ccc(COCOCc2ccc(C=O)cc2)cc1. The predicted molar refractivity (Wildman–Crippen MR) is 109 cm³/mol. The average Bonchev–Trinajstić information content (AvgIpc) is 2.74. The molecule has 0 saturated heterocycles. The van der Waals surface area contributed by atoms with Crippen molar-refractivity contribution in [2.75, 3.05) is 12.1 Å². The third kappa shape index (κ3) is 9.36. The number of ether oxygens (including phenoxy) is 2. The smallest absolute Gasteiger partial charge is 0.331 e. The van der Waals surface area contributed by atoms with E-state index in [0.29, 0.717) is 29.7 Å². The van der Waals surface area contributed by atoms with Crippen molar-refractivity contribution in [3.05, 3.63) is 82.9 Å². The summed E-state index contributed by atoms with van der Waals surface area (Å²) in [6.07, 6.45) is 1.62. The minimum Gasteiger partial charge on any atom is -0.478 e. The number of aldehydes is 2. The monoisotopic (exact) mass is 448 g/mol. The van der Waals surface area contributed by atoms with E-state index in [1.165, 1.54) is 0 Å². The largest absolute Gasteiger partial charge is 0.478 e. The molecule has 0 radical (unpaired) electrons. The van der Waals surface area contributed by atoms with Gasteiger partial charge in [0.1, 0.15) is 19.4 Å². The number of carboxylic acid groups (broad SMARTS) is 1. The van der Waals surface area contributed by atoms with Crippen molar-refractivity contribution in [3.8, 4) is 0 Å². The molecule has 2 aromatic carbocycles. The molecule has 0 amide bonds. The maximum atomic E-state index is 10.5. The molecule has 28 heavy (non-hydrogen) atoms. The van der Waals surface area contributed by atoms with Crippen molar-refractivity contribution < 1.29 is 29.0 Å². The molecule has 0 heterocycles. The molecule has 2 aromatic rings. The molecule has 0 aliphatic rings. The summed E-state index contributed by atoms with van der Waals surface area (Å²) < 4.78 is 10.8. The number of carbonyl (C=O) groups excluding carboxylic acids is 2. The van der Waals surface area contributed by atoms with Crippen LogP contribution >= 0.6 is 15.9 Å². The van der Waals surface area contributed by atoms with E-state index in [2.05, 4.69) is 22.5 Å². The van der Waals surface area contributed by atoms with E-state index in [1.807, 2.05) is 24.3 Å². The van der Waals surface area contributed by atoms with Crippen molar-refractivity contribution >= 4 is 34.5 Å². The average molecular weight is 449 g/mol. The van der Waals surface area contributed by atoms with Gasteiger partial charge in [-0.15, -0.1) is 0 Å². The molecule has 0 atom stereocenters. The quantitative estimate of drug-likeness (QED) is 0.194. The Morgan fingerprint density at radius 2 is 1.29 bits per heavy atom. The fraction of sp³-hybridized carbons (Fsp3) is 0.190. The first-order valence-electron chi connectivity index (χ1n) is 8.21. The van der Waals surface area contributed by atoms with Crippen LogP contribution in [-0.4, -0.2) is 35.8 Å². The molecule has 6 nitrogen and oxygen atoms in total. The first-order valence-corrected chi connectivity index (χ1v) is 9.33. The summed E-state index contributed by atoms with van der Waals surface area (Å²) in [6, 6.07) is 14.4. The highest BCUT2D eigenvalue weighted by atomic mass is 79.9. The maximum absolute atomic E-state index is 10.5. The summed E-state index contributed by atoms with van der Waals surface area (Å²) >= 11 is 2.93. The molecule has 0 fully saturated rings. The number of hydrogen-bond acceptors (Lipinski definition) is 5. The lowest BCUT2D eigenvalue weighted by Gasteiger charge is -2.06. The molecule has 148 valence electrons. The first-order chi connectivity index (χ1) is 13.5. The number of carboxylic acids is 1. The molecule has 0 spiro atoms. The lowest BCUT2D eigenvalue weighted by Crippen LogP contribution is -2.01. The number of benzene rings is 2. The van der Waals surface area contributed by atoms with Crippen molar-refractivity contribution in [1.29, 1.82) is 0 Å². The molecular weight excluding hydrogens is 428 g/mol. The highest BCUT2D eigenvalue weighted by molar-refractivity contribution is 9.09. The van der Waals surface area contributed by atoms with E-state index in [1.54, 1.807) is 24.3 Å². The predicted octanol–water partition coefficient (Wildman–Crippen LogP) is 4.02. The Morgan fingerprint density at radius 3 is 1.54 bits per heavy atom. The van der Waals surface area contributed by atoms with Crippen LogP contribution in [0.2, 0.25) is 0 Å². The minimum absolute atomic E-state index is 0.181. The lowest BCUT2D eigenvalue weighted by molar-refractivity contribution is -0.132. The Morgan fingerprint density at radius 1 is 0.893 bits per heavy atom.